The van der Waals surface area contributed by atoms with Crippen LogP contribution in [0.5, 0.6) is 0 Å². The summed E-state index contributed by atoms with van der Waals surface area (Å²) >= 11 is 0. The van der Waals surface area contributed by atoms with E-state index in [1.165, 1.54) is 0 Å². The van der Waals surface area contributed by atoms with E-state index in [-0.39, 0.29) is 41.1 Å². The van der Waals surface area contributed by atoms with Crippen molar-refractivity contribution in [3.8, 4) is 0 Å². The molecule has 0 spiro atoms. The Bertz CT molecular complexity index is 1230. The minimum atomic E-state index is -2.17. The maximum Gasteiger partial charge on any atom is 0.192 e. The molecule has 1 aromatic heterocycles. The first-order valence-corrected chi connectivity index (χ1v) is 23.5. The molecule has 282 valence electrons. The number of ether oxygens (including phenoxy) is 4. The summed E-state index contributed by atoms with van der Waals surface area (Å²) in [5.41, 5.74) is 4.12. The third kappa shape index (κ3) is 15.6. The first-order valence-electron chi connectivity index (χ1n) is 17.7. The molecule has 0 aliphatic heterocycles. The highest BCUT2D eigenvalue weighted by atomic mass is 28.4. The number of aryl methyl sites for hydroxylation is 1. The van der Waals surface area contributed by atoms with Gasteiger partial charge in [0.15, 0.2) is 22.5 Å². The second kappa shape index (κ2) is 20.4. The van der Waals surface area contributed by atoms with Gasteiger partial charge in [-0.25, -0.2) is 4.98 Å². The summed E-state index contributed by atoms with van der Waals surface area (Å²) in [6, 6.07) is 0. The van der Waals surface area contributed by atoms with Gasteiger partial charge in [0.2, 0.25) is 0 Å². The summed E-state index contributed by atoms with van der Waals surface area (Å²) in [6.45, 7) is 34.9. The third-order valence-electron chi connectivity index (χ3n) is 10.1. The van der Waals surface area contributed by atoms with E-state index in [0.717, 1.165) is 22.4 Å². The first kappa shape index (κ1) is 45.4. The van der Waals surface area contributed by atoms with Crippen LogP contribution in [-0.2, 0) is 27.8 Å². The van der Waals surface area contributed by atoms with Crippen molar-refractivity contribution in [1.29, 1.82) is 0 Å². The lowest BCUT2D eigenvalue weighted by Crippen LogP contribution is -2.48. The highest BCUT2D eigenvalue weighted by Gasteiger charge is 2.42. The molecule has 4 atom stereocenters. The second-order valence-corrected chi connectivity index (χ2v) is 25.9. The van der Waals surface area contributed by atoms with Gasteiger partial charge >= 0.3 is 0 Å². The smallest absolute Gasteiger partial charge is 0.192 e. The predicted octanol–water partition coefficient (Wildman–Crippen LogP) is 10.3. The number of hydrogen-bond acceptors (Lipinski definition) is 8. The molecule has 8 nitrogen and oxygen atoms in total. The molecule has 0 saturated carbocycles. The molecule has 0 aromatic carbocycles. The quantitative estimate of drug-likeness (QED) is 0.0408. The number of rotatable bonds is 21. The van der Waals surface area contributed by atoms with Gasteiger partial charge in [-0.05, 0) is 79.8 Å². The van der Waals surface area contributed by atoms with Crippen LogP contribution in [0.1, 0.15) is 87.2 Å². The summed E-state index contributed by atoms with van der Waals surface area (Å²) in [6.07, 6.45) is 12.2. The summed E-state index contributed by atoms with van der Waals surface area (Å²) in [7, 11) is -0.624. The van der Waals surface area contributed by atoms with Crippen molar-refractivity contribution in [1.82, 2.24) is 4.98 Å². The van der Waals surface area contributed by atoms with E-state index in [1.54, 1.807) is 20.5 Å². The van der Waals surface area contributed by atoms with Crippen LogP contribution in [0.4, 0.5) is 0 Å². The Morgan fingerprint density at radius 3 is 2.10 bits per heavy atom. The van der Waals surface area contributed by atoms with Gasteiger partial charge in [0.25, 0.3) is 0 Å². The minimum Gasteiger partial charge on any atom is -0.449 e. The van der Waals surface area contributed by atoms with Gasteiger partial charge < -0.3 is 32.2 Å². The third-order valence-corrected chi connectivity index (χ3v) is 19.1. The molecule has 10 heteroatoms. The van der Waals surface area contributed by atoms with Crippen LogP contribution in [0.3, 0.4) is 0 Å². The van der Waals surface area contributed by atoms with Gasteiger partial charge in [-0.2, -0.15) is 0 Å². The van der Waals surface area contributed by atoms with Crippen molar-refractivity contribution in [2.75, 3.05) is 40.8 Å². The molecule has 0 amide bonds. The summed E-state index contributed by atoms with van der Waals surface area (Å²) < 4.78 is 42.7. The molecule has 0 bridgehead atoms. The van der Waals surface area contributed by atoms with Crippen LogP contribution >= 0.6 is 0 Å². The number of oxazole rings is 1. The molecular weight excluding hydrogens is 651 g/mol. The fourth-order valence-electron chi connectivity index (χ4n) is 4.77. The molecule has 1 heterocycles. The van der Waals surface area contributed by atoms with E-state index < -0.39 is 16.6 Å². The minimum absolute atomic E-state index is 0.0366. The topological polar surface area (TPSA) is 81.4 Å². The molecule has 1 aromatic rings. The van der Waals surface area contributed by atoms with Crippen molar-refractivity contribution in [2.45, 2.75) is 137 Å². The molecular formula is C39H71NO7Si2. The molecule has 0 aliphatic rings. The largest absolute Gasteiger partial charge is 0.449 e. The van der Waals surface area contributed by atoms with Crippen molar-refractivity contribution < 1.29 is 32.2 Å². The normalized spacial score (nSPS) is 17.1. The highest BCUT2D eigenvalue weighted by molar-refractivity contribution is 6.74. The Hall–Kier alpha value is -1.64. The second-order valence-electron chi connectivity index (χ2n) is 16.3. The van der Waals surface area contributed by atoms with Crippen LogP contribution in [0.2, 0.25) is 36.3 Å². The molecule has 1 rings (SSSR count). The maximum atomic E-state index is 7.23. The molecule has 49 heavy (non-hydrogen) atoms. The number of allylic oxidation sites excluding steroid dienone is 4. The molecule has 0 aliphatic carbocycles. The van der Waals surface area contributed by atoms with Crippen LogP contribution in [0.25, 0.3) is 6.08 Å². The maximum absolute atomic E-state index is 7.23. The fourth-order valence-corrected chi connectivity index (χ4v) is 7.12. The van der Waals surface area contributed by atoms with Gasteiger partial charge in [0, 0.05) is 33.5 Å². The summed E-state index contributed by atoms with van der Waals surface area (Å²) in [5, 5.41) is 0.174. The van der Waals surface area contributed by atoms with Gasteiger partial charge in [-0.1, -0.05) is 72.8 Å². The van der Waals surface area contributed by atoms with Crippen molar-refractivity contribution in [3.63, 3.8) is 0 Å². The summed E-state index contributed by atoms with van der Waals surface area (Å²) in [5.74, 6) is 0.692. The van der Waals surface area contributed by atoms with Crippen LogP contribution < -0.4 is 0 Å². The first-order chi connectivity index (χ1) is 22.6. The van der Waals surface area contributed by atoms with Crippen LogP contribution in [0.15, 0.2) is 51.7 Å². The lowest BCUT2D eigenvalue weighted by atomic mass is 9.88. The van der Waals surface area contributed by atoms with E-state index >= 15 is 0 Å². The number of hydrogen-bond donors (Lipinski definition) is 0. The van der Waals surface area contributed by atoms with Crippen LogP contribution in [0, 0.1) is 12.8 Å². The van der Waals surface area contributed by atoms with E-state index in [4.69, 9.17) is 32.2 Å². The van der Waals surface area contributed by atoms with Gasteiger partial charge in [0.1, 0.15) is 18.8 Å². The monoisotopic (exact) mass is 721 g/mol. The standard InChI is InChI=1S/C39H71NO7Si2/c1-29(25-34-27-44-33(5)40-34)19-18-20-31(3)37(42-13)32(4)36(47-49(16,17)39(9,10)11)26-35(45-28-43-24-23-41-12)30(2)21-22-46-48(14,15)38(6,7)8/h18-21,25,27,32,35-37H,22-24,26,28H2,1-17H3/b19-18+,29-25+,30-21+,31-20+/t32-,35-,36-,37-/m0/s1. The molecule has 0 unspecified atom stereocenters. The fraction of sp³-hybridized carbons (Fsp3) is 0.718. The molecule has 0 saturated heterocycles. The Morgan fingerprint density at radius 1 is 0.939 bits per heavy atom. The number of nitrogens with zero attached hydrogens (tertiary/aromatic N) is 1. The SMILES string of the molecule is COCCOCO[C@@H](C[C@H](O[Si](C)(C)C(C)(C)C)[C@H](C)[C@@H](OC)/C(C)=C/C=C/C(C)=C/c1coc(C)n1)/C(C)=C/CO[Si](C)(C)C(C)(C)C. The zero-order valence-electron chi connectivity index (χ0n) is 34.1. The highest BCUT2D eigenvalue weighted by Crippen LogP contribution is 2.40. The Morgan fingerprint density at radius 2 is 1.57 bits per heavy atom. The predicted molar refractivity (Wildman–Crippen MR) is 209 cm³/mol. The van der Waals surface area contributed by atoms with E-state index in [2.05, 4.69) is 125 Å². The summed E-state index contributed by atoms with van der Waals surface area (Å²) in [4.78, 5) is 4.37. The Kier molecular flexibility index (Phi) is 18.9. The van der Waals surface area contributed by atoms with Crippen LogP contribution in [-0.4, -0.2) is 80.8 Å². The van der Waals surface area contributed by atoms with Crippen molar-refractivity contribution in [3.05, 3.63) is 58.9 Å². The Balaban J connectivity index is 3.41. The lowest BCUT2D eigenvalue weighted by molar-refractivity contribution is -0.101. The zero-order valence-corrected chi connectivity index (χ0v) is 36.1. The molecule has 0 fully saturated rings. The van der Waals surface area contributed by atoms with E-state index in [9.17, 15) is 0 Å². The average molecular weight is 722 g/mol. The molecule has 0 radical (unpaired) electrons. The van der Waals surface area contributed by atoms with E-state index in [1.807, 2.05) is 13.0 Å². The Labute approximate surface area is 302 Å². The number of methoxy groups -OCH3 is 2. The molecule has 0 N–H and O–H groups in total. The number of aromatic nitrogens is 1. The van der Waals surface area contributed by atoms with Gasteiger partial charge in [0.05, 0.1) is 38.1 Å². The van der Waals surface area contributed by atoms with Crippen molar-refractivity contribution in [2.24, 2.45) is 5.92 Å². The van der Waals surface area contributed by atoms with Gasteiger partial charge in [-0.15, -0.1) is 0 Å². The average Bonchev–Trinajstić information content (AvgIpc) is 3.38. The van der Waals surface area contributed by atoms with Gasteiger partial charge in [-0.3, -0.25) is 0 Å². The lowest BCUT2D eigenvalue weighted by Gasteiger charge is -2.43. The van der Waals surface area contributed by atoms with E-state index in [0.29, 0.717) is 32.1 Å². The van der Waals surface area contributed by atoms with Crippen molar-refractivity contribution >= 4 is 22.7 Å². The zero-order chi connectivity index (χ0) is 37.6.